The number of benzene rings is 3. The van der Waals surface area contributed by atoms with Gasteiger partial charge < -0.3 is 15.5 Å². The van der Waals surface area contributed by atoms with Crippen molar-refractivity contribution in [2.45, 2.75) is 25.4 Å². The molecule has 1 atom stereocenters. The largest absolute Gasteiger partial charge is 0.508 e. The normalized spacial score (nSPS) is 11.3. The molecule has 0 heterocycles. The third kappa shape index (κ3) is 7.60. The van der Waals surface area contributed by atoms with Gasteiger partial charge in [-0.05, 0) is 41.5 Å². The SMILES string of the molecule is NN(C(=O)c1ccc(C(=O)NCc2cccc(O)c2)cc1Cl)[C@@H](CC(=O)Cc1ccc([N+](=O)[O-])cc1)C(=O)O. The van der Waals surface area contributed by atoms with Crippen molar-refractivity contribution >= 4 is 40.9 Å². The molecule has 0 fully saturated rings. The maximum atomic E-state index is 12.9. The van der Waals surface area contributed by atoms with Gasteiger partial charge in [-0.15, -0.1) is 0 Å². The number of phenolic OH excluding ortho intramolecular Hbond substituents is 1. The summed E-state index contributed by atoms with van der Waals surface area (Å²) < 4.78 is 0. The number of aliphatic carboxylic acids is 1. The Balaban J connectivity index is 1.66. The van der Waals surface area contributed by atoms with Crippen LogP contribution in [0.5, 0.6) is 5.75 Å². The fraction of sp³-hybridized carbons (Fsp3) is 0.154. The van der Waals surface area contributed by atoms with Gasteiger partial charge in [0.25, 0.3) is 17.5 Å². The molecule has 202 valence electrons. The number of nitrogens with one attached hydrogen (secondary N) is 1. The Bertz CT molecular complexity index is 1430. The van der Waals surface area contributed by atoms with Gasteiger partial charge in [0, 0.05) is 37.1 Å². The molecular formula is C26H23ClN4O8. The molecule has 0 spiro atoms. The maximum absolute atomic E-state index is 12.9. The highest BCUT2D eigenvalue weighted by Crippen LogP contribution is 2.21. The molecule has 39 heavy (non-hydrogen) atoms. The number of non-ortho nitro benzene ring substituents is 1. The average Bonchev–Trinajstić information content (AvgIpc) is 2.89. The molecule has 0 saturated heterocycles. The van der Waals surface area contributed by atoms with E-state index in [4.69, 9.17) is 17.4 Å². The topological polar surface area (TPSA) is 193 Å². The summed E-state index contributed by atoms with van der Waals surface area (Å²) in [5.74, 6) is 2.26. The summed E-state index contributed by atoms with van der Waals surface area (Å²) in [6.07, 6.45) is -0.849. The van der Waals surface area contributed by atoms with E-state index in [1.165, 1.54) is 54.6 Å². The van der Waals surface area contributed by atoms with Crippen LogP contribution in [0.15, 0.2) is 66.7 Å². The van der Waals surface area contributed by atoms with Crippen LogP contribution in [0.3, 0.4) is 0 Å². The second-order valence-corrected chi connectivity index (χ2v) is 8.86. The van der Waals surface area contributed by atoms with Crippen molar-refractivity contribution < 1.29 is 34.3 Å². The number of Topliss-reactive ketones (excluding diaryl/α,β-unsaturated/α-hetero) is 1. The van der Waals surface area contributed by atoms with Crippen LogP contribution in [0.25, 0.3) is 0 Å². The van der Waals surface area contributed by atoms with Crippen LogP contribution in [0, 0.1) is 10.1 Å². The zero-order valence-electron chi connectivity index (χ0n) is 20.2. The number of amides is 2. The van der Waals surface area contributed by atoms with E-state index < -0.39 is 41.0 Å². The summed E-state index contributed by atoms with van der Waals surface area (Å²) in [5.41, 5.74) is 0.852. The fourth-order valence-electron chi connectivity index (χ4n) is 3.62. The highest BCUT2D eigenvalue weighted by molar-refractivity contribution is 6.34. The van der Waals surface area contributed by atoms with Crippen LogP contribution >= 0.6 is 11.6 Å². The molecule has 0 bridgehead atoms. The average molecular weight is 555 g/mol. The lowest BCUT2D eigenvalue weighted by Crippen LogP contribution is -2.50. The van der Waals surface area contributed by atoms with Crippen molar-refractivity contribution in [3.63, 3.8) is 0 Å². The molecule has 0 aliphatic rings. The first kappa shape index (κ1) is 28.8. The maximum Gasteiger partial charge on any atom is 0.328 e. The molecule has 5 N–H and O–H groups in total. The van der Waals surface area contributed by atoms with Crippen LogP contribution in [0.2, 0.25) is 5.02 Å². The molecule has 12 nitrogen and oxygen atoms in total. The number of carbonyl (C=O) groups is 4. The number of hydrazine groups is 1. The number of hydrogen-bond donors (Lipinski definition) is 4. The van der Waals surface area contributed by atoms with Gasteiger partial charge in [-0.2, -0.15) is 0 Å². The number of carboxylic acids is 1. The fourth-order valence-corrected chi connectivity index (χ4v) is 3.88. The summed E-state index contributed by atoms with van der Waals surface area (Å²) >= 11 is 6.20. The Labute approximate surface area is 226 Å². The molecule has 0 saturated carbocycles. The molecule has 0 aromatic heterocycles. The number of hydrogen-bond acceptors (Lipinski definition) is 8. The van der Waals surface area contributed by atoms with E-state index in [0.717, 1.165) is 0 Å². The van der Waals surface area contributed by atoms with Gasteiger partial charge >= 0.3 is 5.97 Å². The minimum absolute atomic E-state index is 0.0479. The van der Waals surface area contributed by atoms with E-state index in [0.29, 0.717) is 16.1 Å². The Morgan fingerprint density at radius 3 is 2.31 bits per heavy atom. The number of nitrogens with zero attached hydrogens (tertiary/aromatic N) is 2. The first-order valence-corrected chi connectivity index (χ1v) is 11.8. The smallest absolute Gasteiger partial charge is 0.328 e. The molecular weight excluding hydrogens is 532 g/mol. The standard InChI is InChI=1S/C26H23ClN4O8/c27-22-12-17(24(34)29-14-16-2-1-3-19(32)11-16)6-9-21(22)25(35)30(28)23(26(36)37)13-20(33)10-15-4-7-18(8-5-15)31(38)39/h1-9,11-12,23,32H,10,13-14,28H2,(H,29,34)(H,36,37)/t23-/m0/s1. The third-order valence-corrected chi connectivity index (χ3v) is 5.96. The van der Waals surface area contributed by atoms with Crippen molar-refractivity contribution in [1.82, 2.24) is 10.3 Å². The summed E-state index contributed by atoms with van der Waals surface area (Å²) in [6, 6.07) is 13.5. The van der Waals surface area contributed by atoms with E-state index >= 15 is 0 Å². The summed E-state index contributed by atoms with van der Waals surface area (Å²) in [7, 11) is 0. The van der Waals surface area contributed by atoms with Crippen LogP contribution in [0.4, 0.5) is 5.69 Å². The van der Waals surface area contributed by atoms with Crippen molar-refractivity contribution in [2.75, 3.05) is 0 Å². The van der Waals surface area contributed by atoms with E-state index in [1.54, 1.807) is 12.1 Å². The summed E-state index contributed by atoms with van der Waals surface area (Å²) in [6.45, 7) is 0.121. The van der Waals surface area contributed by atoms with Gasteiger partial charge in [-0.1, -0.05) is 35.9 Å². The number of nitro groups is 1. The quantitative estimate of drug-likeness (QED) is 0.119. The number of phenols is 1. The monoisotopic (exact) mass is 554 g/mol. The van der Waals surface area contributed by atoms with Gasteiger partial charge in [0.2, 0.25) is 0 Å². The van der Waals surface area contributed by atoms with Crippen LogP contribution in [-0.4, -0.2) is 49.8 Å². The molecule has 0 radical (unpaired) electrons. The lowest BCUT2D eigenvalue weighted by atomic mass is 10.0. The number of carbonyl (C=O) groups excluding carboxylic acids is 3. The van der Waals surface area contributed by atoms with Crippen LogP contribution in [0.1, 0.15) is 38.3 Å². The van der Waals surface area contributed by atoms with Crippen molar-refractivity contribution in [3.05, 3.63) is 104 Å². The predicted octanol–water partition coefficient (Wildman–Crippen LogP) is 2.85. The van der Waals surface area contributed by atoms with E-state index in [2.05, 4.69) is 5.32 Å². The number of rotatable bonds is 11. The molecule has 13 heteroatoms. The van der Waals surface area contributed by atoms with Crippen LogP contribution in [-0.2, 0) is 22.6 Å². The number of halogens is 1. The summed E-state index contributed by atoms with van der Waals surface area (Å²) in [5, 5.41) is 32.8. The van der Waals surface area contributed by atoms with E-state index in [1.807, 2.05) is 0 Å². The molecule has 3 aromatic carbocycles. The third-order valence-electron chi connectivity index (χ3n) is 5.65. The second-order valence-electron chi connectivity index (χ2n) is 8.46. The zero-order chi connectivity index (χ0) is 28.7. The van der Waals surface area contributed by atoms with E-state index in [9.17, 15) is 39.5 Å². The number of carboxylic acid groups (broad SMARTS) is 1. The van der Waals surface area contributed by atoms with Crippen molar-refractivity contribution in [2.24, 2.45) is 5.84 Å². The number of nitrogens with two attached hydrogens (primary N) is 1. The molecule has 2 amide bonds. The minimum atomic E-state index is -1.72. The molecule has 0 aliphatic heterocycles. The molecule has 3 rings (SSSR count). The van der Waals surface area contributed by atoms with Gasteiger partial charge in [0.05, 0.1) is 15.5 Å². The van der Waals surface area contributed by atoms with E-state index in [-0.39, 0.29) is 40.6 Å². The number of aromatic hydroxyl groups is 1. The highest BCUT2D eigenvalue weighted by atomic mass is 35.5. The molecule has 3 aromatic rings. The van der Waals surface area contributed by atoms with Crippen LogP contribution < -0.4 is 11.2 Å². The molecule has 0 aliphatic carbocycles. The lowest BCUT2D eigenvalue weighted by Gasteiger charge is -2.24. The summed E-state index contributed by atoms with van der Waals surface area (Å²) in [4.78, 5) is 59.9. The van der Waals surface area contributed by atoms with Gasteiger partial charge in [0.15, 0.2) is 6.04 Å². The predicted molar refractivity (Wildman–Crippen MR) is 139 cm³/mol. The Hall–Kier alpha value is -4.81. The van der Waals surface area contributed by atoms with Gasteiger partial charge in [-0.25, -0.2) is 10.6 Å². The Morgan fingerprint density at radius 2 is 1.72 bits per heavy atom. The highest BCUT2D eigenvalue weighted by Gasteiger charge is 2.31. The first-order valence-electron chi connectivity index (χ1n) is 11.4. The van der Waals surface area contributed by atoms with Gasteiger partial charge in [0.1, 0.15) is 11.5 Å². The van der Waals surface area contributed by atoms with Gasteiger partial charge in [-0.3, -0.25) is 29.5 Å². The Kier molecular flexibility index (Phi) is 9.31. The number of nitro benzene ring substituents is 1. The lowest BCUT2D eigenvalue weighted by molar-refractivity contribution is -0.384. The van der Waals surface area contributed by atoms with Crippen molar-refractivity contribution in [3.8, 4) is 5.75 Å². The minimum Gasteiger partial charge on any atom is -0.508 e. The zero-order valence-corrected chi connectivity index (χ0v) is 21.0. The number of ketones is 1. The molecule has 0 unspecified atom stereocenters. The Morgan fingerprint density at radius 1 is 1.03 bits per heavy atom. The van der Waals surface area contributed by atoms with Crippen molar-refractivity contribution in [1.29, 1.82) is 0 Å². The first-order chi connectivity index (χ1) is 18.5. The second kappa shape index (κ2) is 12.6.